The van der Waals surface area contributed by atoms with Crippen LogP contribution in [0.5, 0.6) is 0 Å². The molecule has 0 fully saturated rings. The number of rotatable bonds is 11. The van der Waals surface area contributed by atoms with Crippen LogP contribution in [0.1, 0.15) is 46.5 Å². The van der Waals surface area contributed by atoms with Gasteiger partial charge in [-0.2, -0.15) is 0 Å². The van der Waals surface area contributed by atoms with Crippen molar-refractivity contribution in [1.82, 2.24) is 9.80 Å². The Bertz CT molecular complexity index is 181. The zero-order valence-electron chi connectivity index (χ0n) is 13.3. The van der Waals surface area contributed by atoms with Crippen LogP contribution in [0.4, 0.5) is 0 Å². The van der Waals surface area contributed by atoms with Crippen molar-refractivity contribution < 1.29 is 0 Å². The van der Waals surface area contributed by atoms with Crippen LogP contribution >= 0.6 is 0 Å². The van der Waals surface area contributed by atoms with Gasteiger partial charge in [-0.1, -0.05) is 20.3 Å². The molecule has 110 valence electrons. The molecule has 0 aromatic heterocycles. The lowest BCUT2D eigenvalue weighted by Gasteiger charge is -2.26. The van der Waals surface area contributed by atoms with E-state index in [9.17, 15) is 0 Å². The molecule has 2 N–H and O–H groups in total. The summed E-state index contributed by atoms with van der Waals surface area (Å²) in [5.41, 5.74) is 5.79. The first-order valence-electron chi connectivity index (χ1n) is 7.58. The monoisotopic (exact) mass is 257 g/mol. The van der Waals surface area contributed by atoms with E-state index in [4.69, 9.17) is 5.73 Å². The van der Waals surface area contributed by atoms with Gasteiger partial charge < -0.3 is 15.5 Å². The largest absolute Gasteiger partial charge is 0.328 e. The van der Waals surface area contributed by atoms with E-state index < -0.39 is 0 Å². The van der Waals surface area contributed by atoms with Crippen LogP contribution in [0.3, 0.4) is 0 Å². The number of nitrogens with two attached hydrogens (primary N) is 1. The fourth-order valence-electron chi connectivity index (χ4n) is 2.27. The third-order valence-corrected chi connectivity index (χ3v) is 3.33. The molecule has 3 nitrogen and oxygen atoms in total. The average Bonchev–Trinajstić information content (AvgIpc) is 2.25. The molecule has 0 aliphatic rings. The standard InChI is InChI=1S/C15H35N3/c1-6-10-18(12-11-17(4)5)13-14(2)8-7-9-15(3)16/h14-15H,6-13,16H2,1-5H3. The van der Waals surface area contributed by atoms with Crippen molar-refractivity contribution in [1.29, 1.82) is 0 Å². The smallest absolute Gasteiger partial charge is 0.0109 e. The molecule has 0 aromatic carbocycles. The molecular formula is C15H35N3. The highest BCUT2D eigenvalue weighted by Crippen LogP contribution is 2.11. The molecule has 0 spiro atoms. The number of hydrogen-bond acceptors (Lipinski definition) is 3. The molecule has 0 rings (SSSR count). The minimum atomic E-state index is 0.359. The topological polar surface area (TPSA) is 32.5 Å². The quantitative estimate of drug-likeness (QED) is 0.617. The van der Waals surface area contributed by atoms with Gasteiger partial charge in [0.2, 0.25) is 0 Å². The summed E-state index contributed by atoms with van der Waals surface area (Å²) in [6.07, 6.45) is 4.99. The summed E-state index contributed by atoms with van der Waals surface area (Å²) in [6.45, 7) is 11.6. The highest BCUT2D eigenvalue weighted by Gasteiger charge is 2.10. The zero-order valence-corrected chi connectivity index (χ0v) is 13.3. The Labute approximate surface area is 115 Å². The van der Waals surface area contributed by atoms with Crippen molar-refractivity contribution in [3.8, 4) is 0 Å². The third-order valence-electron chi connectivity index (χ3n) is 3.33. The van der Waals surface area contributed by atoms with Gasteiger partial charge in [-0.3, -0.25) is 0 Å². The van der Waals surface area contributed by atoms with Crippen molar-refractivity contribution in [3.05, 3.63) is 0 Å². The molecule has 0 heterocycles. The van der Waals surface area contributed by atoms with E-state index in [0.29, 0.717) is 6.04 Å². The van der Waals surface area contributed by atoms with E-state index in [1.807, 2.05) is 0 Å². The lowest BCUT2D eigenvalue weighted by molar-refractivity contribution is 0.208. The van der Waals surface area contributed by atoms with Gasteiger partial charge in [0, 0.05) is 25.7 Å². The van der Waals surface area contributed by atoms with Gasteiger partial charge in [0.25, 0.3) is 0 Å². The molecule has 0 aromatic rings. The first-order chi connectivity index (χ1) is 8.45. The maximum Gasteiger partial charge on any atom is 0.0109 e. The second-order valence-corrected chi connectivity index (χ2v) is 6.12. The van der Waals surface area contributed by atoms with Gasteiger partial charge in [-0.25, -0.2) is 0 Å². The highest BCUT2D eigenvalue weighted by atomic mass is 15.2. The summed E-state index contributed by atoms with van der Waals surface area (Å²) in [6, 6.07) is 0.359. The molecule has 18 heavy (non-hydrogen) atoms. The molecule has 0 amide bonds. The molecule has 0 aliphatic carbocycles. The van der Waals surface area contributed by atoms with Crippen molar-refractivity contribution in [2.45, 2.75) is 52.5 Å². The fourth-order valence-corrected chi connectivity index (χ4v) is 2.27. The summed E-state index contributed by atoms with van der Waals surface area (Å²) in [5, 5.41) is 0. The Morgan fingerprint density at radius 3 is 2.17 bits per heavy atom. The Kier molecular flexibility index (Phi) is 10.7. The van der Waals surface area contributed by atoms with Gasteiger partial charge in [0.15, 0.2) is 0 Å². The first kappa shape index (κ1) is 17.9. The molecule has 0 aliphatic heterocycles. The van der Waals surface area contributed by atoms with E-state index in [1.54, 1.807) is 0 Å². The van der Waals surface area contributed by atoms with Crippen LogP contribution in [0.15, 0.2) is 0 Å². The lowest BCUT2D eigenvalue weighted by Crippen LogP contribution is -2.35. The number of nitrogens with zero attached hydrogens (tertiary/aromatic N) is 2. The Morgan fingerprint density at radius 2 is 1.67 bits per heavy atom. The van der Waals surface area contributed by atoms with Crippen LogP contribution in [0, 0.1) is 5.92 Å². The number of hydrogen-bond donors (Lipinski definition) is 1. The molecular weight excluding hydrogens is 222 g/mol. The van der Waals surface area contributed by atoms with E-state index >= 15 is 0 Å². The predicted molar refractivity (Wildman–Crippen MR) is 81.9 cm³/mol. The normalized spacial score (nSPS) is 15.3. The Hall–Kier alpha value is -0.120. The molecule has 0 radical (unpaired) electrons. The minimum absolute atomic E-state index is 0.359. The van der Waals surface area contributed by atoms with E-state index in [1.165, 1.54) is 38.9 Å². The summed E-state index contributed by atoms with van der Waals surface area (Å²) in [4.78, 5) is 4.87. The number of likely N-dealkylation sites (N-methyl/N-ethyl adjacent to an activating group) is 1. The van der Waals surface area contributed by atoms with Crippen molar-refractivity contribution in [2.75, 3.05) is 40.3 Å². The van der Waals surface area contributed by atoms with Gasteiger partial charge in [-0.05, 0) is 52.7 Å². The Balaban J connectivity index is 3.83. The van der Waals surface area contributed by atoms with Gasteiger partial charge >= 0.3 is 0 Å². The van der Waals surface area contributed by atoms with Gasteiger partial charge in [0.1, 0.15) is 0 Å². The molecule has 0 saturated carbocycles. The van der Waals surface area contributed by atoms with Crippen LogP contribution < -0.4 is 5.73 Å². The zero-order chi connectivity index (χ0) is 14.0. The van der Waals surface area contributed by atoms with Gasteiger partial charge in [-0.15, -0.1) is 0 Å². The fraction of sp³-hybridized carbons (Fsp3) is 1.00. The highest BCUT2D eigenvalue weighted by molar-refractivity contribution is 4.65. The Morgan fingerprint density at radius 1 is 1.00 bits per heavy atom. The van der Waals surface area contributed by atoms with E-state index in [0.717, 1.165) is 18.9 Å². The second kappa shape index (κ2) is 10.8. The van der Waals surface area contributed by atoms with Crippen molar-refractivity contribution in [3.63, 3.8) is 0 Å². The van der Waals surface area contributed by atoms with Crippen LogP contribution in [0.2, 0.25) is 0 Å². The van der Waals surface area contributed by atoms with Crippen LogP contribution in [0.25, 0.3) is 0 Å². The maximum absolute atomic E-state index is 5.79. The molecule has 2 unspecified atom stereocenters. The summed E-state index contributed by atoms with van der Waals surface area (Å²) in [5.74, 6) is 0.789. The summed E-state index contributed by atoms with van der Waals surface area (Å²) in [7, 11) is 4.30. The first-order valence-corrected chi connectivity index (χ1v) is 7.58. The third kappa shape index (κ3) is 11.0. The SMILES string of the molecule is CCCN(CCN(C)C)CC(C)CCCC(C)N. The average molecular weight is 257 g/mol. The second-order valence-electron chi connectivity index (χ2n) is 6.12. The molecule has 2 atom stereocenters. The van der Waals surface area contributed by atoms with E-state index in [-0.39, 0.29) is 0 Å². The molecule has 3 heteroatoms. The van der Waals surface area contributed by atoms with Crippen LogP contribution in [-0.4, -0.2) is 56.1 Å². The van der Waals surface area contributed by atoms with Crippen molar-refractivity contribution >= 4 is 0 Å². The van der Waals surface area contributed by atoms with Crippen LogP contribution in [-0.2, 0) is 0 Å². The van der Waals surface area contributed by atoms with Crippen molar-refractivity contribution in [2.24, 2.45) is 11.7 Å². The summed E-state index contributed by atoms with van der Waals surface area (Å²) < 4.78 is 0. The lowest BCUT2D eigenvalue weighted by atomic mass is 10.0. The summed E-state index contributed by atoms with van der Waals surface area (Å²) >= 11 is 0. The van der Waals surface area contributed by atoms with Gasteiger partial charge in [0.05, 0.1) is 0 Å². The maximum atomic E-state index is 5.79. The predicted octanol–water partition coefficient (Wildman–Crippen LogP) is 2.41. The minimum Gasteiger partial charge on any atom is -0.328 e. The molecule has 0 saturated heterocycles. The molecule has 0 bridgehead atoms. The van der Waals surface area contributed by atoms with E-state index in [2.05, 4.69) is 44.7 Å².